The van der Waals surface area contributed by atoms with Crippen molar-refractivity contribution in [2.75, 3.05) is 5.75 Å². The molecule has 0 saturated heterocycles. The molecule has 2 aromatic carbocycles. The number of hydrogen-bond acceptors (Lipinski definition) is 4. The third-order valence-corrected chi connectivity index (χ3v) is 4.97. The lowest BCUT2D eigenvalue weighted by molar-refractivity contribution is -0.119. The molecule has 25 heavy (non-hydrogen) atoms. The van der Waals surface area contributed by atoms with Crippen LogP contribution in [0, 0.1) is 6.92 Å². The first kappa shape index (κ1) is 17.7. The minimum absolute atomic E-state index is 0.0437. The number of nitrogens with zero attached hydrogens (tertiary/aromatic N) is 2. The number of carbonyl (C=O) groups excluding carboxylic acids is 1. The summed E-state index contributed by atoms with van der Waals surface area (Å²) in [6, 6.07) is 15.2. The first-order valence-corrected chi connectivity index (χ1v) is 9.30. The number of para-hydroxylation sites is 1. The van der Waals surface area contributed by atoms with Gasteiger partial charge in [-0.25, -0.2) is 9.97 Å². The third-order valence-electron chi connectivity index (χ3n) is 3.75. The van der Waals surface area contributed by atoms with E-state index < -0.39 is 0 Å². The SMILES string of the molecule is Cc1nc(SCC(=O)N[C@H](C)c2cccc(Cl)c2)c2ccccc2n1. The predicted molar refractivity (Wildman–Crippen MR) is 103 cm³/mol. The fourth-order valence-electron chi connectivity index (χ4n) is 2.54. The predicted octanol–water partition coefficient (Wildman–Crippen LogP) is 4.56. The molecule has 3 aromatic rings. The van der Waals surface area contributed by atoms with E-state index in [0.29, 0.717) is 16.6 Å². The normalized spacial score (nSPS) is 12.1. The van der Waals surface area contributed by atoms with Crippen molar-refractivity contribution in [1.29, 1.82) is 0 Å². The monoisotopic (exact) mass is 371 g/mol. The van der Waals surface area contributed by atoms with Crippen molar-refractivity contribution in [3.05, 3.63) is 64.9 Å². The van der Waals surface area contributed by atoms with Gasteiger partial charge >= 0.3 is 0 Å². The van der Waals surface area contributed by atoms with Gasteiger partial charge < -0.3 is 5.32 Å². The van der Waals surface area contributed by atoms with Gasteiger partial charge in [-0.1, -0.05) is 53.7 Å². The zero-order chi connectivity index (χ0) is 17.8. The van der Waals surface area contributed by atoms with Crippen molar-refractivity contribution in [1.82, 2.24) is 15.3 Å². The second-order valence-electron chi connectivity index (χ2n) is 5.73. The van der Waals surface area contributed by atoms with Gasteiger partial charge in [-0.2, -0.15) is 0 Å². The van der Waals surface area contributed by atoms with Crippen LogP contribution in [0.5, 0.6) is 0 Å². The van der Waals surface area contributed by atoms with Crippen molar-refractivity contribution >= 4 is 40.2 Å². The largest absolute Gasteiger partial charge is 0.349 e. The number of carbonyl (C=O) groups is 1. The van der Waals surface area contributed by atoms with E-state index in [2.05, 4.69) is 15.3 Å². The summed E-state index contributed by atoms with van der Waals surface area (Å²) in [6.07, 6.45) is 0. The Morgan fingerprint density at radius 3 is 2.80 bits per heavy atom. The van der Waals surface area contributed by atoms with Crippen molar-refractivity contribution in [2.24, 2.45) is 0 Å². The number of amides is 1. The van der Waals surface area contributed by atoms with Gasteiger partial charge in [-0.3, -0.25) is 4.79 Å². The van der Waals surface area contributed by atoms with Crippen LogP contribution < -0.4 is 5.32 Å². The molecular weight excluding hydrogens is 354 g/mol. The standard InChI is InChI=1S/C19H18ClN3OS/c1-12(14-6-5-7-15(20)10-14)21-18(24)11-25-19-16-8-3-4-9-17(16)22-13(2)23-19/h3-10,12H,11H2,1-2H3,(H,21,24)/t12-/m1/s1. The smallest absolute Gasteiger partial charge is 0.230 e. The Labute approximate surface area is 156 Å². The number of thioether (sulfide) groups is 1. The number of benzene rings is 2. The fraction of sp³-hybridized carbons (Fsp3) is 0.211. The van der Waals surface area contributed by atoms with E-state index in [-0.39, 0.29) is 11.9 Å². The van der Waals surface area contributed by atoms with E-state index >= 15 is 0 Å². The van der Waals surface area contributed by atoms with Crippen molar-refractivity contribution in [2.45, 2.75) is 24.9 Å². The Balaban J connectivity index is 1.67. The fourth-order valence-corrected chi connectivity index (χ4v) is 3.62. The van der Waals surface area contributed by atoms with Gasteiger partial charge in [0.15, 0.2) is 0 Å². The second kappa shape index (κ2) is 7.85. The molecule has 1 atom stereocenters. The Morgan fingerprint density at radius 1 is 1.20 bits per heavy atom. The summed E-state index contributed by atoms with van der Waals surface area (Å²) >= 11 is 7.43. The number of rotatable bonds is 5. The minimum Gasteiger partial charge on any atom is -0.349 e. The highest BCUT2D eigenvalue weighted by molar-refractivity contribution is 8.00. The highest BCUT2D eigenvalue weighted by Gasteiger charge is 2.12. The Bertz CT molecular complexity index is 916. The van der Waals surface area contributed by atoms with E-state index in [1.807, 2.05) is 62.4 Å². The number of nitrogens with one attached hydrogen (secondary N) is 1. The molecule has 0 unspecified atom stereocenters. The molecule has 6 heteroatoms. The lowest BCUT2D eigenvalue weighted by Gasteiger charge is -2.14. The van der Waals surface area contributed by atoms with Crippen LogP contribution in [0.15, 0.2) is 53.6 Å². The Hall–Kier alpha value is -2.11. The van der Waals surface area contributed by atoms with Crippen LogP contribution in [0.25, 0.3) is 10.9 Å². The second-order valence-corrected chi connectivity index (χ2v) is 7.13. The molecule has 0 radical (unpaired) electrons. The van der Waals surface area contributed by atoms with Crippen LogP contribution in [0.1, 0.15) is 24.4 Å². The summed E-state index contributed by atoms with van der Waals surface area (Å²) in [4.78, 5) is 21.2. The van der Waals surface area contributed by atoms with E-state index in [0.717, 1.165) is 21.5 Å². The van der Waals surface area contributed by atoms with Crippen LogP contribution in [0.3, 0.4) is 0 Å². The van der Waals surface area contributed by atoms with Crippen LogP contribution in [0.4, 0.5) is 0 Å². The third kappa shape index (κ3) is 4.50. The van der Waals surface area contributed by atoms with Gasteiger partial charge in [-0.05, 0) is 37.6 Å². The van der Waals surface area contributed by atoms with Gasteiger partial charge in [0, 0.05) is 10.4 Å². The molecule has 128 valence electrons. The Kier molecular flexibility index (Phi) is 5.56. The number of aromatic nitrogens is 2. The van der Waals surface area contributed by atoms with Crippen LogP contribution in [-0.4, -0.2) is 21.6 Å². The summed E-state index contributed by atoms with van der Waals surface area (Å²) in [5.41, 5.74) is 1.87. The molecular formula is C19H18ClN3OS. The first-order valence-electron chi connectivity index (χ1n) is 7.94. The molecule has 0 saturated carbocycles. The van der Waals surface area contributed by atoms with E-state index in [4.69, 9.17) is 11.6 Å². The average Bonchev–Trinajstić information content (AvgIpc) is 2.59. The average molecular weight is 372 g/mol. The molecule has 3 rings (SSSR count). The highest BCUT2D eigenvalue weighted by Crippen LogP contribution is 2.25. The highest BCUT2D eigenvalue weighted by atomic mass is 35.5. The number of fused-ring (bicyclic) bond motifs is 1. The van der Waals surface area contributed by atoms with Crippen molar-refractivity contribution in [3.8, 4) is 0 Å². The molecule has 0 bridgehead atoms. The van der Waals surface area contributed by atoms with E-state index in [9.17, 15) is 4.79 Å². The van der Waals surface area contributed by atoms with Gasteiger partial charge in [-0.15, -0.1) is 0 Å². The van der Waals surface area contributed by atoms with Crippen LogP contribution in [0.2, 0.25) is 5.02 Å². The molecule has 1 amide bonds. The molecule has 1 heterocycles. The molecule has 1 aromatic heterocycles. The molecule has 0 aliphatic rings. The zero-order valence-electron chi connectivity index (χ0n) is 14.0. The van der Waals surface area contributed by atoms with Gasteiger partial charge in [0.25, 0.3) is 0 Å². The number of hydrogen-bond donors (Lipinski definition) is 1. The Morgan fingerprint density at radius 2 is 2.00 bits per heavy atom. The summed E-state index contributed by atoms with van der Waals surface area (Å²) in [5, 5.41) is 5.45. The summed E-state index contributed by atoms with van der Waals surface area (Å²) in [5.74, 6) is 0.956. The van der Waals surface area contributed by atoms with Crippen LogP contribution in [-0.2, 0) is 4.79 Å². The van der Waals surface area contributed by atoms with Crippen LogP contribution >= 0.6 is 23.4 Å². The molecule has 1 N–H and O–H groups in total. The molecule has 0 aliphatic heterocycles. The van der Waals surface area contributed by atoms with Gasteiger partial charge in [0.1, 0.15) is 10.9 Å². The molecule has 0 aliphatic carbocycles. The lowest BCUT2D eigenvalue weighted by Crippen LogP contribution is -2.28. The maximum atomic E-state index is 12.3. The van der Waals surface area contributed by atoms with Gasteiger partial charge in [0.05, 0.1) is 17.3 Å². The van der Waals surface area contributed by atoms with E-state index in [1.54, 1.807) is 0 Å². The summed E-state index contributed by atoms with van der Waals surface area (Å²) < 4.78 is 0. The molecule has 0 spiro atoms. The molecule has 0 fully saturated rings. The number of halogens is 1. The van der Waals surface area contributed by atoms with E-state index in [1.165, 1.54) is 11.8 Å². The zero-order valence-corrected chi connectivity index (χ0v) is 15.6. The topological polar surface area (TPSA) is 54.9 Å². The minimum atomic E-state index is -0.101. The summed E-state index contributed by atoms with van der Waals surface area (Å²) in [6.45, 7) is 3.80. The van der Waals surface area contributed by atoms with Gasteiger partial charge in [0.2, 0.25) is 5.91 Å². The number of aryl methyl sites for hydroxylation is 1. The maximum Gasteiger partial charge on any atom is 0.230 e. The lowest BCUT2D eigenvalue weighted by atomic mass is 10.1. The maximum absolute atomic E-state index is 12.3. The quantitative estimate of drug-likeness (QED) is 0.527. The van der Waals surface area contributed by atoms with Crippen molar-refractivity contribution < 1.29 is 4.79 Å². The first-order chi connectivity index (χ1) is 12.0. The summed E-state index contributed by atoms with van der Waals surface area (Å²) in [7, 11) is 0. The van der Waals surface area contributed by atoms with Crippen molar-refractivity contribution in [3.63, 3.8) is 0 Å². The molecule has 4 nitrogen and oxygen atoms in total.